The van der Waals surface area contributed by atoms with E-state index < -0.39 is 0 Å². The Labute approximate surface area is 81.9 Å². The van der Waals surface area contributed by atoms with Gasteiger partial charge in [-0.3, -0.25) is 4.79 Å². The Kier molecular flexibility index (Phi) is 2.78. The number of rotatable bonds is 3. The number of imidazole rings is 1. The second-order valence-electron chi connectivity index (χ2n) is 3.26. The van der Waals surface area contributed by atoms with Gasteiger partial charge in [0.25, 0.3) is 0 Å². The topological polar surface area (TPSA) is 67.0 Å². The molecule has 1 atom stereocenters. The molecule has 1 fully saturated rings. The van der Waals surface area contributed by atoms with Crippen LogP contribution < -0.4 is 5.32 Å². The predicted octanol–water partition coefficient (Wildman–Crippen LogP) is 0.205. The van der Waals surface area contributed by atoms with Gasteiger partial charge in [0, 0.05) is 19.0 Å². The zero-order chi connectivity index (χ0) is 9.80. The molecular formula is C9H13N3O2. The fourth-order valence-electron chi connectivity index (χ4n) is 1.46. The molecule has 1 unspecified atom stereocenters. The van der Waals surface area contributed by atoms with E-state index in [2.05, 4.69) is 15.3 Å². The molecule has 1 aliphatic heterocycles. The second-order valence-corrected chi connectivity index (χ2v) is 3.26. The number of carbonyl (C=O) groups excluding carboxylic acids is 1. The van der Waals surface area contributed by atoms with Crippen LogP contribution in [0.3, 0.4) is 0 Å². The SMILES string of the molecule is O=C(NCc1ncc[nH]1)C1CCCO1. The largest absolute Gasteiger partial charge is 0.368 e. The van der Waals surface area contributed by atoms with Gasteiger partial charge in [-0.2, -0.15) is 0 Å². The first-order chi connectivity index (χ1) is 6.86. The van der Waals surface area contributed by atoms with Crippen molar-refractivity contribution in [3.05, 3.63) is 18.2 Å². The molecule has 1 aromatic heterocycles. The first-order valence-corrected chi connectivity index (χ1v) is 4.74. The normalized spacial score (nSPS) is 21.0. The summed E-state index contributed by atoms with van der Waals surface area (Å²) in [5.74, 6) is 0.718. The Morgan fingerprint density at radius 3 is 3.36 bits per heavy atom. The lowest BCUT2D eigenvalue weighted by atomic mass is 10.2. The molecule has 14 heavy (non-hydrogen) atoms. The van der Waals surface area contributed by atoms with Crippen LogP contribution in [0.25, 0.3) is 0 Å². The monoisotopic (exact) mass is 195 g/mol. The van der Waals surface area contributed by atoms with Gasteiger partial charge in [0.1, 0.15) is 11.9 Å². The van der Waals surface area contributed by atoms with Crippen LogP contribution in [0.1, 0.15) is 18.7 Å². The van der Waals surface area contributed by atoms with E-state index in [0.29, 0.717) is 13.2 Å². The van der Waals surface area contributed by atoms with Gasteiger partial charge in [0.2, 0.25) is 5.91 Å². The number of amides is 1. The van der Waals surface area contributed by atoms with Gasteiger partial charge >= 0.3 is 0 Å². The number of ether oxygens (including phenoxy) is 1. The maximum Gasteiger partial charge on any atom is 0.249 e. The summed E-state index contributed by atoms with van der Waals surface area (Å²) in [5.41, 5.74) is 0. The molecule has 1 aromatic rings. The summed E-state index contributed by atoms with van der Waals surface area (Å²) in [7, 11) is 0. The summed E-state index contributed by atoms with van der Waals surface area (Å²) >= 11 is 0. The standard InChI is InChI=1S/C9H13N3O2/c13-9(7-2-1-5-14-7)12-6-8-10-3-4-11-8/h3-4,7H,1-2,5-6H2,(H,10,11)(H,12,13). The van der Waals surface area contributed by atoms with Gasteiger partial charge in [0.05, 0.1) is 6.54 Å². The van der Waals surface area contributed by atoms with Crippen molar-refractivity contribution < 1.29 is 9.53 Å². The quantitative estimate of drug-likeness (QED) is 0.724. The molecule has 1 saturated heterocycles. The molecule has 1 amide bonds. The van der Waals surface area contributed by atoms with Crippen molar-refractivity contribution in [1.82, 2.24) is 15.3 Å². The number of nitrogens with one attached hydrogen (secondary N) is 2. The number of hydrogen-bond donors (Lipinski definition) is 2. The van der Waals surface area contributed by atoms with Crippen molar-refractivity contribution in [3.63, 3.8) is 0 Å². The minimum absolute atomic E-state index is 0.0427. The third-order valence-electron chi connectivity index (χ3n) is 2.21. The van der Waals surface area contributed by atoms with Crippen molar-refractivity contribution in [2.75, 3.05) is 6.61 Å². The van der Waals surface area contributed by atoms with Crippen LogP contribution in [0, 0.1) is 0 Å². The molecule has 0 bridgehead atoms. The fourth-order valence-corrected chi connectivity index (χ4v) is 1.46. The van der Waals surface area contributed by atoms with Crippen LogP contribution in [-0.4, -0.2) is 28.6 Å². The summed E-state index contributed by atoms with van der Waals surface area (Å²) in [4.78, 5) is 18.4. The Balaban J connectivity index is 1.77. The van der Waals surface area contributed by atoms with E-state index in [1.165, 1.54) is 0 Å². The highest BCUT2D eigenvalue weighted by Crippen LogP contribution is 2.11. The summed E-state index contributed by atoms with van der Waals surface area (Å²) in [6.07, 6.45) is 4.93. The molecule has 0 saturated carbocycles. The number of aromatic amines is 1. The number of H-pyrrole nitrogens is 1. The van der Waals surface area contributed by atoms with E-state index in [-0.39, 0.29) is 12.0 Å². The highest BCUT2D eigenvalue weighted by molar-refractivity contribution is 5.80. The van der Waals surface area contributed by atoms with E-state index in [1.54, 1.807) is 12.4 Å². The van der Waals surface area contributed by atoms with E-state index >= 15 is 0 Å². The molecule has 2 N–H and O–H groups in total. The second kappa shape index (κ2) is 4.23. The lowest BCUT2D eigenvalue weighted by Crippen LogP contribution is -2.33. The first kappa shape index (κ1) is 9.21. The zero-order valence-electron chi connectivity index (χ0n) is 7.82. The van der Waals surface area contributed by atoms with Crippen molar-refractivity contribution in [1.29, 1.82) is 0 Å². The van der Waals surface area contributed by atoms with Gasteiger partial charge in [-0.25, -0.2) is 4.98 Å². The Morgan fingerprint density at radius 1 is 1.79 bits per heavy atom. The summed E-state index contributed by atoms with van der Waals surface area (Å²) in [6, 6.07) is 0. The maximum absolute atomic E-state index is 11.5. The average molecular weight is 195 g/mol. The lowest BCUT2D eigenvalue weighted by molar-refractivity contribution is -0.130. The van der Waals surface area contributed by atoms with E-state index in [0.717, 1.165) is 18.7 Å². The molecule has 2 heterocycles. The van der Waals surface area contributed by atoms with Crippen LogP contribution in [0.2, 0.25) is 0 Å². The highest BCUT2D eigenvalue weighted by Gasteiger charge is 2.22. The molecule has 76 valence electrons. The number of aromatic nitrogens is 2. The van der Waals surface area contributed by atoms with Crippen molar-refractivity contribution in [2.24, 2.45) is 0 Å². The van der Waals surface area contributed by atoms with Gasteiger partial charge in [-0.15, -0.1) is 0 Å². The van der Waals surface area contributed by atoms with Crippen molar-refractivity contribution >= 4 is 5.91 Å². The van der Waals surface area contributed by atoms with Gasteiger partial charge < -0.3 is 15.0 Å². The average Bonchev–Trinajstić information content (AvgIpc) is 2.87. The van der Waals surface area contributed by atoms with Crippen LogP contribution in [0.4, 0.5) is 0 Å². The third kappa shape index (κ3) is 2.11. The summed E-state index contributed by atoms with van der Waals surface area (Å²) in [5, 5.41) is 2.77. The molecule has 0 aliphatic carbocycles. The maximum atomic E-state index is 11.5. The zero-order valence-corrected chi connectivity index (χ0v) is 7.82. The molecule has 0 spiro atoms. The third-order valence-corrected chi connectivity index (χ3v) is 2.21. The lowest BCUT2D eigenvalue weighted by Gasteiger charge is -2.08. The summed E-state index contributed by atoms with van der Waals surface area (Å²) < 4.78 is 5.24. The number of carbonyl (C=O) groups is 1. The van der Waals surface area contributed by atoms with Gasteiger partial charge in [0.15, 0.2) is 0 Å². The van der Waals surface area contributed by atoms with Gasteiger partial charge in [-0.05, 0) is 12.8 Å². The Morgan fingerprint density at radius 2 is 2.71 bits per heavy atom. The highest BCUT2D eigenvalue weighted by atomic mass is 16.5. The predicted molar refractivity (Wildman–Crippen MR) is 49.4 cm³/mol. The van der Waals surface area contributed by atoms with Crippen LogP contribution >= 0.6 is 0 Å². The van der Waals surface area contributed by atoms with Crippen molar-refractivity contribution in [3.8, 4) is 0 Å². The Bertz CT molecular complexity index is 291. The molecule has 0 radical (unpaired) electrons. The van der Waals surface area contributed by atoms with Crippen LogP contribution in [0.15, 0.2) is 12.4 Å². The van der Waals surface area contributed by atoms with Crippen LogP contribution in [0.5, 0.6) is 0 Å². The smallest absolute Gasteiger partial charge is 0.249 e. The van der Waals surface area contributed by atoms with Gasteiger partial charge in [-0.1, -0.05) is 0 Å². The van der Waals surface area contributed by atoms with Crippen molar-refractivity contribution in [2.45, 2.75) is 25.5 Å². The molecule has 2 rings (SSSR count). The number of nitrogens with zero attached hydrogens (tertiary/aromatic N) is 1. The minimum atomic E-state index is -0.259. The minimum Gasteiger partial charge on any atom is -0.368 e. The Hall–Kier alpha value is -1.36. The fraction of sp³-hybridized carbons (Fsp3) is 0.556. The first-order valence-electron chi connectivity index (χ1n) is 4.74. The molecule has 5 heteroatoms. The van der Waals surface area contributed by atoms with E-state index in [9.17, 15) is 4.79 Å². The summed E-state index contributed by atoms with van der Waals surface area (Å²) in [6.45, 7) is 1.13. The molecular weight excluding hydrogens is 182 g/mol. The van der Waals surface area contributed by atoms with E-state index in [1.807, 2.05) is 0 Å². The molecule has 1 aliphatic rings. The van der Waals surface area contributed by atoms with E-state index in [4.69, 9.17) is 4.74 Å². The molecule has 5 nitrogen and oxygen atoms in total. The number of hydrogen-bond acceptors (Lipinski definition) is 3. The van der Waals surface area contributed by atoms with Crippen LogP contribution in [-0.2, 0) is 16.1 Å². The molecule has 0 aromatic carbocycles.